The third kappa shape index (κ3) is 5.84. The molecule has 1 heterocycles. The van der Waals surface area contributed by atoms with Gasteiger partial charge in [-0.15, -0.1) is 24.0 Å². The smallest absolute Gasteiger partial charge is 0.191 e. The van der Waals surface area contributed by atoms with Crippen LogP contribution in [0, 0.1) is 19.3 Å². The zero-order valence-electron chi connectivity index (χ0n) is 16.1. The number of aryl methyl sites for hydroxylation is 2. The van der Waals surface area contributed by atoms with Gasteiger partial charge in [0, 0.05) is 45.3 Å². The minimum atomic E-state index is 0. The average Bonchev–Trinajstić information content (AvgIpc) is 2.87. The van der Waals surface area contributed by atoms with Crippen molar-refractivity contribution in [2.24, 2.45) is 10.4 Å². The number of aliphatic imine (C=N–C) groups is 1. The first-order valence-electron chi connectivity index (χ1n) is 8.87. The maximum Gasteiger partial charge on any atom is 0.191 e. The Labute approximate surface area is 168 Å². The highest BCUT2D eigenvalue weighted by atomic mass is 127. The van der Waals surface area contributed by atoms with Crippen molar-refractivity contribution in [3.63, 3.8) is 0 Å². The quantitative estimate of drug-likeness (QED) is 0.351. The molecule has 6 nitrogen and oxygen atoms in total. The van der Waals surface area contributed by atoms with E-state index in [2.05, 4.69) is 27.7 Å². The Kier molecular flexibility index (Phi) is 9.20. The van der Waals surface area contributed by atoms with Crippen molar-refractivity contribution in [2.45, 2.75) is 52.4 Å². The van der Waals surface area contributed by atoms with Gasteiger partial charge >= 0.3 is 0 Å². The van der Waals surface area contributed by atoms with E-state index < -0.39 is 0 Å². The number of hydrogen-bond donors (Lipinski definition) is 2. The van der Waals surface area contributed by atoms with Gasteiger partial charge in [0.25, 0.3) is 0 Å². The second kappa shape index (κ2) is 10.4. The molecule has 0 bridgehead atoms. The minimum absolute atomic E-state index is 0. The highest BCUT2D eigenvalue weighted by Gasteiger charge is 2.36. The SMILES string of the molecule is CN=C(NCC(C)c1c(C)noc1C)NCC1(CCOC)CCC1.I. The summed E-state index contributed by atoms with van der Waals surface area (Å²) in [4.78, 5) is 4.35. The van der Waals surface area contributed by atoms with Crippen molar-refractivity contribution < 1.29 is 9.26 Å². The summed E-state index contributed by atoms with van der Waals surface area (Å²) in [5.74, 6) is 2.08. The Bertz CT molecular complexity index is 536. The second-order valence-electron chi connectivity index (χ2n) is 7.04. The van der Waals surface area contributed by atoms with Crippen molar-refractivity contribution >= 4 is 29.9 Å². The van der Waals surface area contributed by atoms with E-state index in [-0.39, 0.29) is 24.0 Å². The number of aromatic nitrogens is 1. The lowest BCUT2D eigenvalue weighted by Crippen LogP contribution is -2.47. The van der Waals surface area contributed by atoms with Crippen LogP contribution in [-0.2, 0) is 4.74 Å². The van der Waals surface area contributed by atoms with Gasteiger partial charge in [-0.25, -0.2) is 0 Å². The predicted octanol–water partition coefficient (Wildman–Crippen LogP) is 3.38. The minimum Gasteiger partial charge on any atom is -0.385 e. The third-order valence-corrected chi connectivity index (χ3v) is 5.26. The maximum absolute atomic E-state index is 5.27. The van der Waals surface area contributed by atoms with Crippen LogP contribution in [0.5, 0.6) is 0 Å². The summed E-state index contributed by atoms with van der Waals surface area (Å²) in [6, 6.07) is 0. The molecule has 1 atom stereocenters. The Morgan fingerprint density at radius 1 is 1.36 bits per heavy atom. The Morgan fingerprint density at radius 2 is 2.08 bits per heavy atom. The number of methoxy groups -OCH3 is 1. The van der Waals surface area contributed by atoms with Crippen LogP contribution >= 0.6 is 24.0 Å². The standard InChI is InChI=1S/C18H32N4O2.HI/c1-13(16-14(2)22-24-15(16)3)11-20-17(19-4)21-12-18(7-6-8-18)9-10-23-5;/h13H,6-12H2,1-5H3,(H2,19,20,21);1H. The van der Waals surface area contributed by atoms with Crippen molar-refractivity contribution in [2.75, 3.05) is 33.9 Å². The molecule has 0 aliphatic heterocycles. The van der Waals surface area contributed by atoms with Gasteiger partial charge in [0.05, 0.1) is 5.69 Å². The average molecular weight is 464 g/mol. The van der Waals surface area contributed by atoms with E-state index in [0.29, 0.717) is 11.3 Å². The molecule has 1 aliphatic carbocycles. The van der Waals surface area contributed by atoms with Gasteiger partial charge in [-0.05, 0) is 38.5 Å². The molecule has 2 rings (SSSR count). The number of guanidine groups is 1. The summed E-state index contributed by atoms with van der Waals surface area (Å²) >= 11 is 0. The van der Waals surface area contributed by atoms with Crippen LogP contribution in [0.3, 0.4) is 0 Å². The van der Waals surface area contributed by atoms with Crippen molar-refractivity contribution in [3.05, 3.63) is 17.0 Å². The molecule has 1 aromatic rings. The van der Waals surface area contributed by atoms with Crippen molar-refractivity contribution in [1.82, 2.24) is 15.8 Å². The molecule has 7 heteroatoms. The fourth-order valence-corrected chi connectivity index (χ4v) is 3.55. The summed E-state index contributed by atoms with van der Waals surface area (Å²) in [6.07, 6.45) is 4.98. The predicted molar refractivity (Wildman–Crippen MR) is 112 cm³/mol. The zero-order valence-corrected chi connectivity index (χ0v) is 18.5. The number of nitrogens with one attached hydrogen (secondary N) is 2. The second-order valence-corrected chi connectivity index (χ2v) is 7.04. The molecule has 0 saturated heterocycles. The van der Waals surface area contributed by atoms with E-state index in [4.69, 9.17) is 9.26 Å². The summed E-state index contributed by atoms with van der Waals surface area (Å²) in [7, 11) is 3.59. The molecule has 1 aliphatic rings. The van der Waals surface area contributed by atoms with Crippen LogP contribution < -0.4 is 10.6 Å². The van der Waals surface area contributed by atoms with E-state index in [1.807, 2.05) is 20.9 Å². The Balaban J connectivity index is 0.00000312. The highest BCUT2D eigenvalue weighted by Crippen LogP contribution is 2.43. The summed E-state index contributed by atoms with van der Waals surface area (Å²) in [5.41, 5.74) is 2.53. The Morgan fingerprint density at radius 3 is 2.56 bits per heavy atom. The van der Waals surface area contributed by atoms with E-state index in [0.717, 1.165) is 43.5 Å². The maximum atomic E-state index is 5.27. The molecule has 0 aromatic carbocycles. The fraction of sp³-hybridized carbons (Fsp3) is 0.778. The Hall–Kier alpha value is -0.830. The van der Waals surface area contributed by atoms with Crippen LogP contribution in [0.2, 0.25) is 0 Å². The van der Waals surface area contributed by atoms with Crippen molar-refractivity contribution in [3.8, 4) is 0 Å². The molecule has 1 aromatic heterocycles. The van der Waals surface area contributed by atoms with Gasteiger partial charge in [-0.3, -0.25) is 4.99 Å². The van der Waals surface area contributed by atoms with Gasteiger partial charge in [0.2, 0.25) is 0 Å². The van der Waals surface area contributed by atoms with E-state index >= 15 is 0 Å². The molecule has 1 unspecified atom stereocenters. The lowest BCUT2D eigenvalue weighted by molar-refractivity contribution is 0.0732. The van der Waals surface area contributed by atoms with Crippen LogP contribution in [0.4, 0.5) is 0 Å². The monoisotopic (exact) mass is 464 g/mol. The first-order valence-corrected chi connectivity index (χ1v) is 8.87. The molecular weight excluding hydrogens is 431 g/mol. The van der Waals surface area contributed by atoms with Crippen LogP contribution in [0.1, 0.15) is 55.5 Å². The summed E-state index contributed by atoms with van der Waals surface area (Å²) < 4.78 is 10.5. The van der Waals surface area contributed by atoms with Gasteiger partial charge in [-0.1, -0.05) is 18.5 Å². The van der Waals surface area contributed by atoms with Gasteiger partial charge < -0.3 is 19.9 Å². The number of ether oxygens (including phenoxy) is 1. The van der Waals surface area contributed by atoms with E-state index in [1.165, 1.54) is 24.8 Å². The number of rotatable bonds is 8. The zero-order chi connectivity index (χ0) is 17.6. The molecule has 25 heavy (non-hydrogen) atoms. The first kappa shape index (κ1) is 22.2. The third-order valence-electron chi connectivity index (χ3n) is 5.26. The van der Waals surface area contributed by atoms with Crippen LogP contribution in [-0.4, -0.2) is 45.0 Å². The van der Waals surface area contributed by atoms with Gasteiger partial charge in [-0.2, -0.15) is 0 Å². The van der Waals surface area contributed by atoms with Crippen LogP contribution in [0.15, 0.2) is 9.52 Å². The molecule has 2 N–H and O–H groups in total. The topological polar surface area (TPSA) is 71.7 Å². The molecule has 0 spiro atoms. The first-order chi connectivity index (χ1) is 11.5. The summed E-state index contributed by atoms with van der Waals surface area (Å²) in [6.45, 7) is 8.72. The molecule has 144 valence electrons. The summed E-state index contributed by atoms with van der Waals surface area (Å²) in [5, 5.41) is 11.0. The number of hydrogen-bond acceptors (Lipinski definition) is 4. The number of nitrogens with zero attached hydrogens (tertiary/aromatic N) is 2. The molecule has 0 amide bonds. The lowest BCUT2D eigenvalue weighted by atomic mass is 9.67. The lowest BCUT2D eigenvalue weighted by Gasteiger charge is -2.42. The largest absolute Gasteiger partial charge is 0.385 e. The van der Waals surface area contributed by atoms with Gasteiger partial charge in [0.1, 0.15) is 5.76 Å². The van der Waals surface area contributed by atoms with Crippen LogP contribution in [0.25, 0.3) is 0 Å². The normalized spacial score (nSPS) is 17.4. The highest BCUT2D eigenvalue weighted by molar-refractivity contribution is 14.0. The molecular formula is C18H33IN4O2. The molecule has 0 radical (unpaired) electrons. The van der Waals surface area contributed by atoms with E-state index in [1.54, 1.807) is 7.11 Å². The van der Waals surface area contributed by atoms with E-state index in [9.17, 15) is 0 Å². The molecule has 1 saturated carbocycles. The van der Waals surface area contributed by atoms with Gasteiger partial charge in [0.15, 0.2) is 5.96 Å². The van der Waals surface area contributed by atoms with Crippen molar-refractivity contribution in [1.29, 1.82) is 0 Å². The molecule has 1 fully saturated rings. The fourth-order valence-electron chi connectivity index (χ4n) is 3.55. The number of halogens is 1.